The van der Waals surface area contributed by atoms with Gasteiger partial charge < -0.3 is 9.84 Å². The second-order valence-corrected chi connectivity index (χ2v) is 4.60. The predicted molar refractivity (Wildman–Crippen MR) is 62.5 cm³/mol. The first-order valence-corrected chi connectivity index (χ1v) is 5.91. The van der Waals surface area contributed by atoms with Crippen LogP contribution in [0.1, 0.15) is 36.1 Å². The molecule has 0 aliphatic heterocycles. The van der Waals surface area contributed by atoms with Gasteiger partial charge in [-0.25, -0.2) is 4.98 Å². The van der Waals surface area contributed by atoms with Crippen molar-refractivity contribution in [3.63, 3.8) is 0 Å². The van der Waals surface area contributed by atoms with Gasteiger partial charge in [0.1, 0.15) is 0 Å². The highest BCUT2D eigenvalue weighted by Gasteiger charge is 2.21. The Morgan fingerprint density at radius 1 is 1.44 bits per heavy atom. The van der Waals surface area contributed by atoms with E-state index in [1.54, 1.807) is 0 Å². The van der Waals surface area contributed by atoms with Crippen molar-refractivity contribution >= 4 is 0 Å². The van der Waals surface area contributed by atoms with Gasteiger partial charge in [0.25, 0.3) is 0 Å². The molecule has 1 aliphatic carbocycles. The largest absolute Gasteiger partial charge is 0.477 e. The lowest BCUT2D eigenvalue weighted by Crippen LogP contribution is -2.05. The summed E-state index contributed by atoms with van der Waals surface area (Å²) in [6, 6.07) is 1.97. The van der Waals surface area contributed by atoms with E-state index in [4.69, 9.17) is 4.74 Å². The molecule has 1 aromatic rings. The topological polar surface area (TPSA) is 42.4 Å². The number of pyridine rings is 1. The Balaban J connectivity index is 2.04. The smallest absolute Gasteiger partial charge is 0.219 e. The number of hydrogen-bond acceptors (Lipinski definition) is 3. The summed E-state index contributed by atoms with van der Waals surface area (Å²) in [6.07, 6.45) is 3.80. The first-order chi connectivity index (χ1) is 7.70. The molecule has 0 spiro atoms. The second-order valence-electron chi connectivity index (χ2n) is 4.60. The van der Waals surface area contributed by atoms with Crippen LogP contribution in [-0.2, 0) is 6.61 Å². The Hall–Kier alpha value is -1.09. The lowest BCUT2D eigenvalue weighted by Gasteiger charge is -2.12. The summed E-state index contributed by atoms with van der Waals surface area (Å²) in [5, 5.41) is 9.29. The van der Waals surface area contributed by atoms with Gasteiger partial charge in [-0.15, -0.1) is 0 Å². The third-order valence-corrected chi connectivity index (χ3v) is 3.06. The maximum atomic E-state index is 9.29. The van der Waals surface area contributed by atoms with Crippen LogP contribution >= 0.6 is 0 Å². The maximum Gasteiger partial charge on any atom is 0.219 e. The van der Waals surface area contributed by atoms with E-state index in [1.165, 1.54) is 12.8 Å². The van der Waals surface area contributed by atoms with Crippen molar-refractivity contribution in [2.45, 2.75) is 39.7 Å². The fraction of sp³-hybridized carbons (Fsp3) is 0.615. The van der Waals surface area contributed by atoms with E-state index >= 15 is 0 Å². The van der Waals surface area contributed by atoms with E-state index < -0.39 is 0 Å². The normalized spacial score (nSPS) is 15.2. The summed E-state index contributed by atoms with van der Waals surface area (Å²) in [7, 11) is 0. The standard InChI is InChI=1S/C13H19NO2/c1-9-7-10(2)14-13(12(9)8-15)16-6-5-11-3-4-11/h7,11,15H,3-6,8H2,1-2H3. The molecular formula is C13H19NO2. The zero-order valence-corrected chi connectivity index (χ0v) is 9.99. The summed E-state index contributed by atoms with van der Waals surface area (Å²) in [5.41, 5.74) is 2.81. The van der Waals surface area contributed by atoms with Crippen molar-refractivity contribution in [3.8, 4) is 5.88 Å². The molecule has 1 aromatic heterocycles. The number of hydrogen-bond donors (Lipinski definition) is 1. The molecule has 0 amide bonds. The Kier molecular flexibility index (Phi) is 3.44. The Bertz CT molecular complexity index is 372. The number of aliphatic hydroxyl groups excluding tert-OH is 1. The van der Waals surface area contributed by atoms with Gasteiger partial charge in [0.05, 0.1) is 13.2 Å². The van der Waals surface area contributed by atoms with Crippen LogP contribution in [0.25, 0.3) is 0 Å². The van der Waals surface area contributed by atoms with Crippen LogP contribution in [0.3, 0.4) is 0 Å². The van der Waals surface area contributed by atoms with Crippen LogP contribution in [-0.4, -0.2) is 16.7 Å². The van der Waals surface area contributed by atoms with Gasteiger partial charge in [0.2, 0.25) is 5.88 Å². The van der Waals surface area contributed by atoms with Crippen LogP contribution in [0.5, 0.6) is 5.88 Å². The van der Waals surface area contributed by atoms with Crippen molar-refractivity contribution in [3.05, 3.63) is 22.9 Å². The molecule has 1 saturated carbocycles. The first-order valence-electron chi connectivity index (χ1n) is 5.91. The molecule has 0 bridgehead atoms. The van der Waals surface area contributed by atoms with Gasteiger partial charge in [0, 0.05) is 11.3 Å². The Labute approximate surface area is 96.5 Å². The number of aryl methyl sites for hydroxylation is 2. The van der Waals surface area contributed by atoms with Gasteiger partial charge in [-0.05, 0) is 37.8 Å². The van der Waals surface area contributed by atoms with Gasteiger partial charge >= 0.3 is 0 Å². The minimum atomic E-state index is -0.00211. The van der Waals surface area contributed by atoms with Crippen molar-refractivity contribution in [1.82, 2.24) is 4.98 Å². The van der Waals surface area contributed by atoms with Crippen molar-refractivity contribution in [2.75, 3.05) is 6.61 Å². The minimum absolute atomic E-state index is 0.00211. The number of ether oxygens (including phenoxy) is 1. The molecule has 0 radical (unpaired) electrons. The highest BCUT2D eigenvalue weighted by Crippen LogP contribution is 2.32. The van der Waals surface area contributed by atoms with Gasteiger partial charge in [0.15, 0.2) is 0 Å². The second kappa shape index (κ2) is 4.83. The van der Waals surface area contributed by atoms with E-state index in [0.29, 0.717) is 12.5 Å². The zero-order valence-electron chi connectivity index (χ0n) is 9.99. The van der Waals surface area contributed by atoms with Crippen LogP contribution in [0.2, 0.25) is 0 Å². The number of nitrogens with zero attached hydrogens (tertiary/aromatic N) is 1. The number of rotatable bonds is 5. The first kappa shape index (κ1) is 11.4. The maximum absolute atomic E-state index is 9.29. The van der Waals surface area contributed by atoms with E-state index in [0.717, 1.165) is 29.2 Å². The molecule has 3 nitrogen and oxygen atoms in total. The highest BCUT2D eigenvalue weighted by molar-refractivity contribution is 5.35. The average Bonchev–Trinajstić information content (AvgIpc) is 3.01. The molecule has 1 heterocycles. The van der Waals surface area contributed by atoms with E-state index in [-0.39, 0.29) is 6.61 Å². The summed E-state index contributed by atoms with van der Waals surface area (Å²) in [4.78, 5) is 4.34. The molecule has 1 N–H and O–H groups in total. The molecule has 0 atom stereocenters. The van der Waals surface area contributed by atoms with E-state index in [2.05, 4.69) is 4.98 Å². The van der Waals surface area contributed by atoms with Crippen LogP contribution in [0.4, 0.5) is 0 Å². The molecule has 3 heteroatoms. The molecule has 88 valence electrons. The Morgan fingerprint density at radius 2 is 2.19 bits per heavy atom. The predicted octanol–water partition coefficient (Wildman–Crippen LogP) is 2.37. The molecule has 0 unspecified atom stereocenters. The fourth-order valence-corrected chi connectivity index (χ4v) is 1.87. The minimum Gasteiger partial charge on any atom is -0.477 e. The molecular weight excluding hydrogens is 202 g/mol. The third kappa shape index (κ3) is 2.73. The van der Waals surface area contributed by atoms with E-state index in [1.807, 2.05) is 19.9 Å². The van der Waals surface area contributed by atoms with E-state index in [9.17, 15) is 5.11 Å². The van der Waals surface area contributed by atoms with Gasteiger partial charge in [-0.1, -0.05) is 12.8 Å². The average molecular weight is 221 g/mol. The molecule has 1 fully saturated rings. The summed E-state index contributed by atoms with van der Waals surface area (Å²) in [6.45, 7) is 4.64. The van der Waals surface area contributed by atoms with Crippen LogP contribution in [0, 0.1) is 19.8 Å². The van der Waals surface area contributed by atoms with Crippen molar-refractivity contribution < 1.29 is 9.84 Å². The fourth-order valence-electron chi connectivity index (χ4n) is 1.87. The zero-order chi connectivity index (χ0) is 11.5. The molecule has 0 saturated heterocycles. The summed E-state index contributed by atoms with van der Waals surface area (Å²) < 4.78 is 5.67. The SMILES string of the molecule is Cc1cc(C)c(CO)c(OCCC2CC2)n1. The molecule has 0 aromatic carbocycles. The lowest BCUT2D eigenvalue weighted by atomic mass is 10.1. The Morgan fingerprint density at radius 3 is 2.81 bits per heavy atom. The third-order valence-electron chi connectivity index (χ3n) is 3.06. The number of aliphatic hydroxyl groups is 1. The molecule has 1 aliphatic rings. The van der Waals surface area contributed by atoms with Gasteiger partial charge in [-0.2, -0.15) is 0 Å². The van der Waals surface area contributed by atoms with Crippen molar-refractivity contribution in [1.29, 1.82) is 0 Å². The highest BCUT2D eigenvalue weighted by atomic mass is 16.5. The summed E-state index contributed by atoms with van der Waals surface area (Å²) >= 11 is 0. The number of aromatic nitrogens is 1. The quantitative estimate of drug-likeness (QED) is 0.830. The van der Waals surface area contributed by atoms with Gasteiger partial charge in [-0.3, -0.25) is 0 Å². The molecule has 2 rings (SSSR count). The van der Waals surface area contributed by atoms with Crippen LogP contribution in [0.15, 0.2) is 6.07 Å². The monoisotopic (exact) mass is 221 g/mol. The molecule has 16 heavy (non-hydrogen) atoms. The van der Waals surface area contributed by atoms with Crippen LogP contribution < -0.4 is 4.74 Å². The lowest BCUT2D eigenvalue weighted by molar-refractivity contribution is 0.252. The van der Waals surface area contributed by atoms with Crippen molar-refractivity contribution in [2.24, 2.45) is 5.92 Å². The summed E-state index contributed by atoms with van der Waals surface area (Å²) in [5.74, 6) is 1.48.